The predicted molar refractivity (Wildman–Crippen MR) is 386 cm³/mol. The van der Waals surface area contributed by atoms with Gasteiger partial charge in [-0.25, -0.2) is 24.0 Å². The van der Waals surface area contributed by atoms with E-state index in [-0.39, 0.29) is 72.7 Å². The highest BCUT2D eigenvalue weighted by Crippen LogP contribution is 2.10. The molecule has 0 aromatic rings. The topological polar surface area (TPSA) is 450 Å². The normalized spacial score (nSPS) is 13.9. The van der Waals surface area contributed by atoms with E-state index in [2.05, 4.69) is 83.8 Å². The van der Waals surface area contributed by atoms with Gasteiger partial charge in [-0.15, -0.1) is 23.5 Å². The van der Waals surface area contributed by atoms with E-state index in [4.69, 9.17) is 66.4 Å². The molecule has 0 saturated carbocycles. The second kappa shape index (κ2) is 65.8. The van der Waals surface area contributed by atoms with Gasteiger partial charge in [0.1, 0.15) is 36.6 Å². The Kier molecular flexibility index (Phi) is 70.0. The molecule has 0 unspecified atom stereocenters. The number of carbonyl (C=O) groups is 12. The molecular weight excluding hydrogens is 1540 g/mol. The minimum absolute atomic E-state index is 0. The van der Waals surface area contributed by atoms with Gasteiger partial charge in [0.05, 0.1) is 56.0 Å². The lowest BCUT2D eigenvalue weighted by Gasteiger charge is -2.27. The quantitative estimate of drug-likeness (QED) is 0.0146. The van der Waals surface area contributed by atoms with Crippen LogP contribution >= 0.6 is 82.9 Å². The molecule has 0 aromatic heterocycles. The van der Waals surface area contributed by atoms with Crippen LogP contribution in [0.4, 0.5) is 24.0 Å². The highest BCUT2D eigenvalue weighted by Gasteiger charge is 2.22. The van der Waals surface area contributed by atoms with Crippen LogP contribution in [0.1, 0.15) is 99.3 Å². The van der Waals surface area contributed by atoms with E-state index in [0.29, 0.717) is 136 Å². The van der Waals surface area contributed by atoms with E-state index in [1.54, 1.807) is 56.2 Å². The molecule has 0 radical (unpaired) electrons. The number of cyclic esters (lactones) is 2. The molecule has 39 heteroatoms. The maximum Gasteiger partial charge on any atom is 0.407 e. The average Bonchev–Trinajstić information content (AvgIpc) is 1.27. The van der Waals surface area contributed by atoms with Crippen molar-refractivity contribution in [2.24, 2.45) is 11.5 Å². The number of halogens is 4. The molecule has 4 saturated heterocycles. The number of esters is 2. The van der Waals surface area contributed by atoms with Crippen LogP contribution < -0.4 is 38.1 Å². The number of aliphatic hydroxyl groups excluding tert-OH is 1. The van der Waals surface area contributed by atoms with Gasteiger partial charge >= 0.3 is 47.7 Å². The highest BCUT2D eigenvalue weighted by molar-refractivity contribution is 9.09. The third-order valence-electron chi connectivity index (χ3n) is 9.70. The summed E-state index contributed by atoms with van der Waals surface area (Å²) in [5.74, 6) is -1.42. The number of alkyl halides is 3. The van der Waals surface area contributed by atoms with Gasteiger partial charge in [0.15, 0.2) is 0 Å². The van der Waals surface area contributed by atoms with Crippen LogP contribution in [-0.2, 0) is 76.2 Å². The molecule has 4 fully saturated rings. The van der Waals surface area contributed by atoms with Crippen LogP contribution in [0.3, 0.4) is 0 Å². The molecular formula is C58H114Br3ClN10O23S2. The number of aliphatic carboxylic acids is 1. The number of aliphatic hydroxyl groups is 1. The van der Waals surface area contributed by atoms with Crippen molar-refractivity contribution in [2.45, 2.75) is 113 Å². The number of hydrogen-bond acceptors (Lipinski definition) is 26. The summed E-state index contributed by atoms with van der Waals surface area (Å²) in [5.41, 5.74) is 8.27. The molecule has 33 nitrogen and oxygen atoms in total. The standard InChI is InChI=1S/C11H21BrN2O4.C11H20N2O4.C10H16N2O5S.C7H16N2O2.C6H12N2O2.C4H6BrClO2.C4H4O3S.C3H7BrO.2CH4.2H2/c1-11(2,3)18-10(16)14-7-6-13-9(15)17-8-4-5-12;1-11(2,3)17-10(15)12-4-5-13-6-7-16-8-9(13)14;13-8(6-18-7-10(15)16)11-1-2-12-3-4-17-5-9(12)14;1-7(2,3)11-6(10)9-5-4-8;7-1-2-8-3-4-10-5-6(8)9;5-2-1-3-8-4(6)7;5-3-1-8-2-4(6)7-3;4-2-1-3-5;;;;/h4-8H2,1-3H3,(H,13,15)(H,14,16);4-8H2,1-3H3,(H,12,15);1-7H2,(H,11,13)(H,15,16);4-5,8H2,1-3H3,(H,9,10);1-5,7H2;1-3H2;1-2H2;5H,1-3H2;2*1H4;2*1H. The number of morpholine rings is 3. The molecule has 4 rings (SSSR count). The number of hydrogen-bond donors (Lipinski definition) is 9. The summed E-state index contributed by atoms with van der Waals surface area (Å²) in [6, 6.07) is 0. The van der Waals surface area contributed by atoms with Gasteiger partial charge in [-0.3, -0.25) is 33.6 Å². The van der Waals surface area contributed by atoms with Crippen molar-refractivity contribution in [1.29, 1.82) is 0 Å². The van der Waals surface area contributed by atoms with Crippen molar-refractivity contribution >= 4 is 154 Å². The van der Waals surface area contributed by atoms with Crippen LogP contribution in [0.2, 0.25) is 0 Å². The summed E-state index contributed by atoms with van der Waals surface area (Å²) in [6.45, 7) is 25.6. The first-order chi connectivity index (χ1) is 44.6. The van der Waals surface area contributed by atoms with Gasteiger partial charge in [-0.2, -0.15) is 0 Å². The minimum atomic E-state index is -0.938. The predicted octanol–water partition coefficient (Wildman–Crippen LogP) is 4.92. The van der Waals surface area contributed by atoms with E-state index in [1.165, 1.54) is 11.8 Å². The summed E-state index contributed by atoms with van der Waals surface area (Å²) in [4.78, 5) is 135. The summed E-state index contributed by atoms with van der Waals surface area (Å²) in [6.07, 6.45) is 0.572. The van der Waals surface area contributed by atoms with Crippen molar-refractivity contribution in [3.63, 3.8) is 0 Å². The number of rotatable bonds is 25. The third kappa shape index (κ3) is 76.8. The van der Waals surface area contributed by atoms with E-state index in [0.717, 1.165) is 47.0 Å². The number of thioether (sulfide) groups is 2. The first-order valence-corrected chi connectivity index (χ1v) is 35.9. The lowest BCUT2D eigenvalue weighted by atomic mass is 10.2. The molecule has 0 spiro atoms. The Hall–Kier alpha value is -4.77. The minimum Gasteiger partial charge on any atom is -0.481 e. The molecule has 4 aliphatic heterocycles. The highest BCUT2D eigenvalue weighted by atomic mass is 79.9. The molecule has 4 aliphatic rings. The molecule has 574 valence electrons. The van der Waals surface area contributed by atoms with Gasteiger partial charge < -0.3 is 106 Å². The number of nitrogens with two attached hydrogens (primary N) is 2. The maximum absolute atomic E-state index is 11.4. The Labute approximate surface area is 613 Å². The smallest absolute Gasteiger partial charge is 0.407 e. The molecule has 0 aromatic carbocycles. The SMILES string of the molecule is C.C.CC(C)(C)OC(=O)NCCN.CC(C)(C)OC(=O)NCCN1CCOCC1=O.CC(C)(C)OC(=O)NCCNC(=O)OCCCBr.NCCN1CCOCC1=O.O=C(Cl)OCCCBr.O=C(O)CSCC(=O)NCCN1CCOCC1=O.O=C1CSCC(=O)O1.OCCCBr.[HH].[HH]. The number of alkyl carbamates (subject to hydrolysis) is 4. The number of carbonyl (C=O) groups excluding carboxylic acids is 11. The number of nitrogens with zero attached hydrogens (tertiary/aromatic N) is 3. The zero-order chi connectivity index (χ0) is 73.1. The summed E-state index contributed by atoms with van der Waals surface area (Å²) in [7, 11) is 0. The monoisotopic (exact) mass is 1650 g/mol. The van der Waals surface area contributed by atoms with E-state index >= 15 is 0 Å². The Morgan fingerprint density at radius 2 is 0.928 bits per heavy atom. The number of carboxylic acids is 1. The van der Waals surface area contributed by atoms with Crippen LogP contribution in [0.15, 0.2) is 0 Å². The van der Waals surface area contributed by atoms with Crippen LogP contribution in [0.25, 0.3) is 0 Å². The van der Waals surface area contributed by atoms with Gasteiger partial charge in [-0.1, -0.05) is 62.6 Å². The number of carboxylic acid groups (broad SMARTS) is 1. The molecule has 97 heavy (non-hydrogen) atoms. The number of nitrogens with one attached hydrogen (secondary N) is 5. The molecule has 0 bridgehead atoms. The Bertz CT molecular complexity index is 2190. The molecule has 0 aliphatic carbocycles. The van der Waals surface area contributed by atoms with Crippen molar-refractivity contribution in [3.05, 3.63) is 0 Å². The Morgan fingerprint density at radius 1 is 0.557 bits per heavy atom. The first kappa shape index (κ1) is 103. The van der Waals surface area contributed by atoms with Crippen molar-refractivity contribution in [2.75, 3.05) is 184 Å². The van der Waals surface area contributed by atoms with E-state index in [9.17, 15) is 57.5 Å². The fraction of sp³-hybridized carbons (Fsp3) is 0.793. The largest absolute Gasteiger partial charge is 0.481 e. The average molecular weight is 1660 g/mol. The van der Waals surface area contributed by atoms with Crippen molar-refractivity contribution in [1.82, 2.24) is 41.3 Å². The molecule has 8 amide bonds. The van der Waals surface area contributed by atoms with Crippen molar-refractivity contribution in [3.8, 4) is 0 Å². The van der Waals surface area contributed by atoms with Gasteiger partial charge in [0.25, 0.3) is 0 Å². The zero-order valence-electron chi connectivity index (χ0n) is 55.9. The van der Waals surface area contributed by atoms with Gasteiger partial charge in [-0.05, 0) is 81.6 Å². The zero-order valence-corrected chi connectivity index (χ0v) is 63.1. The van der Waals surface area contributed by atoms with Crippen molar-refractivity contribution < 1.29 is 113 Å². The lowest BCUT2D eigenvalue weighted by molar-refractivity contribution is -0.156. The summed E-state index contributed by atoms with van der Waals surface area (Å²) < 4.78 is 43.4. The fourth-order valence-corrected chi connectivity index (χ4v) is 7.71. The number of ether oxygens (including phenoxy) is 9. The van der Waals surface area contributed by atoms with E-state index in [1.807, 2.05) is 20.8 Å². The molecule has 11 N–H and O–H groups in total. The second-order valence-corrected chi connectivity index (χ2v) is 26.4. The third-order valence-corrected chi connectivity index (χ3v) is 13.3. The van der Waals surface area contributed by atoms with E-state index < -0.39 is 64.5 Å². The fourth-order valence-electron chi connectivity index (χ4n) is 5.81. The van der Waals surface area contributed by atoms with Crippen LogP contribution in [-0.4, -0.2) is 297 Å². The number of amides is 8. The Balaban J connectivity index is -0.000000163. The summed E-state index contributed by atoms with van der Waals surface area (Å²) in [5, 5.41) is 31.7. The second-order valence-electron chi connectivity index (χ2n) is 21.7. The Morgan fingerprint density at radius 3 is 1.25 bits per heavy atom. The summed E-state index contributed by atoms with van der Waals surface area (Å²) >= 11 is 16.7. The maximum atomic E-state index is 11.4. The molecule has 4 heterocycles. The van der Waals surface area contributed by atoms with Gasteiger partial charge in [0, 0.05) is 122 Å². The van der Waals surface area contributed by atoms with Gasteiger partial charge in [0.2, 0.25) is 23.6 Å². The first-order valence-electron chi connectivity index (χ1n) is 29.9. The lowest BCUT2D eigenvalue weighted by Crippen LogP contribution is -2.45. The van der Waals surface area contributed by atoms with Crippen LogP contribution in [0.5, 0.6) is 0 Å². The molecule has 0 atom stereocenters. The van der Waals surface area contributed by atoms with Crippen LogP contribution in [0, 0.1) is 0 Å².